The van der Waals surface area contributed by atoms with Crippen LogP contribution in [-0.4, -0.2) is 19.1 Å². The number of carbonyl (C=O) groups excluding carboxylic acids is 1. The topological polar surface area (TPSA) is 50.4 Å². The highest BCUT2D eigenvalue weighted by Crippen LogP contribution is 2.28. The smallest absolute Gasteiger partial charge is 0.262 e. The van der Waals surface area contributed by atoms with Crippen molar-refractivity contribution >= 4 is 11.6 Å². The number of anilines is 1. The molecule has 0 radical (unpaired) electrons. The number of fused-ring (bicyclic) bond motifs is 1. The van der Waals surface area contributed by atoms with Gasteiger partial charge in [0.15, 0.2) is 6.61 Å². The van der Waals surface area contributed by atoms with Gasteiger partial charge in [0.05, 0.1) is 5.69 Å². The lowest BCUT2D eigenvalue weighted by Gasteiger charge is -2.25. The summed E-state index contributed by atoms with van der Waals surface area (Å²) in [6.45, 7) is 2.06. The van der Waals surface area contributed by atoms with Crippen LogP contribution in [0.25, 0.3) is 0 Å². The quantitative estimate of drug-likeness (QED) is 0.853. The number of nitrogens with one attached hydrogen (secondary N) is 2. The summed E-state index contributed by atoms with van der Waals surface area (Å²) in [5.41, 5.74) is 1.97. The fourth-order valence-corrected chi connectivity index (χ4v) is 2.36. The zero-order chi connectivity index (χ0) is 12.4. The summed E-state index contributed by atoms with van der Waals surface area (Å²) in [6, 6.07) is 5.96. The standard InChI is InChI=1S/C14H18N2O2/c17-14-9-18-13-5-4-11(6-12(13)16-14)8-15-7-10-2-1-3-10/h4-6,10,15H,1-3,7-9H2,(H,16,17). The van der Waals surface area contributed by atoms with Gasteiger partial charge in [-0.1, -0.05) is 12.5 Å². The monoisotopic (exact) mass is 246 g/mol. The van der Waals surface area contributed by atoms with Gasteiger partial charge in [0.1, 0.15) is 5.75 Å². The number of amides is 1. The highest BCUT2D eigenvalue weighted by molar-refractivity contribution is 5.95. The molecule has 0 saturated heterocycles. The predicted molar refractivity (Wildman–Crippen MR) is 69.6 cm³/mol. The van der Waals surface area contributed by atoms with Crippen molar-refractivity contribution in [1.82, 2.24) is 5.32 Å². The highest BCUT2D eigenvalue weighted by Gasteiger charge is 2.17. The molecule has 1 aliphatic heterocycles. The van der Waals surface area contributed by atoms with Crippen molar-refractivity contribution in [2.24, 2.45) is 5.92 Å². The molecular formula is C14H18N2O2. The Labute approximate surface area is 107 Å². The van der Waals surface area contributed by atoms with Crippen LogP contribution >= 0.6 is 0 Å². The van der Waals surface area contributed by atoms with Crippen molar-refractivity contribution in [1.29, 1.82) is 0 Å². The van der Waals surface area contributed by atoms with Crippen LogP contribution in [0.3, 0.4) is 0 Å². The maximum Gasteiger partial charge on any atom is 0.262 e. The molecule has 1 heterocycles. The van der Waals surface area contributed by atoms with E-state index in [0.717, 1.165) is 30.4 Å². The molecule has 18 heavy (non-hydrogen) atoms. The van der Waals surface area contributed by atoms with Crippen LogP contribution < -0.4 is 15.4 Å². The first kappa shape index (κ1) is 11.5. The minimum atomic E-state index is -0.0814. The van der Waals surface area contributed by atoms with Crippen molar-refractivity contribution in [2.45, 2.75) is 25.8 Å². The maximum atomic E-state index is 11.2. The Morgan fingerprint density at radius 1 is 1.39 bits per heavy atom. The van der Waals surface area contributed by atoms with Gasteiger partial charge in [0, 0.05) is 6.54 Å². The summed E-state index contributed by atoms with van der Waals surface area (Å²) in [7, 11) is 0. The summed E-state index contributed by atoms with van der Waals surface area (Å²) in [4.78, 5) is 11.2. The van der Waals surface area contributed by atoms with Crippen LogP contribution in [0.15, 0.2) is 18.2 Å². The third kappa shape index (κ3) is 2.48. The Morgan fingerprint density at radius 3 is 3.06 bits per heavy atom. The van der Waals surface area contributed by atoms with E-state index >= 15 is 0 Å². The lowest BCUT2D eigenvalue weighted by Crippen LogP contribution is -2.27. The first-order chi connectivity index (χ1) is 8.81. The summed E-state index contributed by atoms with van der Waals surface area (Å²) in [5, 5.41) is 6.30. The zero-order valence-electron chi connectivity index (χ0n) is 10.4. The average Bonchev–Trinajstić information content (AvgIpc) is 2.32. The van der Waals surface area contributed by atoms with E-state index in [2.05, 4.69) is 10.6 Å². The maximum absolute atomic E-state index is 11.2. The van der Waals surface area contributed by atoms with Crippen molar-refractivity contribution in [2.75, 3.05) is 18.5 Å². The molecule has 1 aliphatic carbocycles. The molecule has 0 aromatic heterocycles. The summed E-state index contributed by atoms with van der Waals surface area (Å²) in [6.07, 6.45) is 4.11. The summed E-state index contributed by atoms with van der Waals surface area (Å²) < 4.78 is 5.33. The first-order valence-electron chi connectivity index (χ1n) is 6.57. The SMILES string of the molecule is O=C1COc2ccc(CNCC3CCC3)cc2N1. The Kier molecular flexibility index (Phi) is 3.19. The van der Waals surface area contributed by atoms with Gasteiger partial charge in [-0.05, 0) is 43.0 Å². The molecule has 1 aromatic carbocycles. The molecule has 4 nitrogen and oxygen atoms in total. The molecule has 0 atom stereocenters. The minimum Gasteiger partial charge on any atom is -0.482 e. The van der Waals surface area contributed by atoms with Crippen molar-refractivity contribution in [3.8, 4) is 5.75 Å². The average molecular weight is 246 g/mol. The van der Waals surface area contributed by atoms with Gasteiger partial charge < -0.3 is 15.4 Å². The van der Waals surface area contributed by atoms with Gasteiger partial charge in [-0.15, -0.1) is 0 Å². The fraction of sp³-hybridized carbons (Fsp3) is 0.500. The van der Waals surface area contributed by atoms with Crippen molar-refractivity contribution in [3.63, 3.8) is 0 Å². The molecule has 96 valence electrons. The first-order valence-corrected chi connectivity index (χ1v) is 6.57. The second-order valence-electron chi connectivity index (χ2n) is 5.10. The molecular weight excluding hydrogens is 228 g/mol. The molecule has 3 rings (SSSR count). The van der Waals surface area contributed by atoms with E-state index < -0.39 is 0 Å². The van der Waals surface area contributed by atoms with Crippen molar-refractivity contribution in [3.05, 3.63) is 23.8 Å². The highest BCUT2D eigenvalue weighted by atomic mass is 16.5. The van der Waals surface area contributed by atoms with E-state index in [-0.39, 0.29) is 12.5 Å². The fourth-order valence-electron chi connectivity index (χ4n) is 2.36. The van der Waals surface area contributed by atoms with Crippen LogP contribution in [0.4, 0.5) is 5.69 Å². The van der Waals surface area contributed by atoms with E-state index in [1.807, 2.05) is 18.2 Å². The number of hydrogen-bond acceptors (Lipinski definition) is 3. The number of ether oxygens (including phenoxy) is 1. The molecule has 1 saturated carbocycles. The number of rotatable bonds is 4. The molecule has 0 unspecified atom stereocenters. The zero-order valence-corrected chi connectivity index (χ0v) is 10.4. The molecule has 2 aliphatic rings. The Bertz CT molecular complexity index is 455. The van der Waals surface area contributed by atoms with Crippen LogP contribution in [0.5, 0.6) is 5.75 Å². The molecule has 0 spiro atoms. The molecule has 0 bridgehead atoms. The van der Waals surface area contributed by atoms with E-state index in [9.17, 15) is 4.79 Å². The Hall–Kier alpha value is -1.55. The van der Waals surface area contributed by atoms with Crippen LogP contribution in [0.2, 0.25) is 0 Å². The third-order valence-electron chi connectivity index (χ3n) is 3.66. The van der Waals surface area contributed by atoms with Crippen LogP contribution in [0.1, 0.15) is 24.8 Å². The van der Waals surface area contributed by atoms with Crippen molar-refractivity contribution < 1.29 is 9.53 Å². The second-order valence-corrected chi connectivity index (χ2v) is 5.10. The van der Waals surface area contributed by atoms with Gasteiger partial charge in [0.2, 0.25) is 0 Å². The van der Waals surface area contributed by atoms with Crippen LogP contribution in [-0.2, 0) is 11.3 Å². The second kappa shape index (κ2) is 4.98. The Balaban J connectivity index is 1.58. The Morgan fingerprint density at radius 2 is 2.28 bits per heavy atom. The molecule has 1 aromatic rings. The minimum absolute atomic E-state index is 0.0814. The molecule has 2 N–H and O–H groups in total. The van der Waals surface area contributed by atoms with E-state index in [0.29, 0.717) is 0 Å². The van der Waals surface area contributed by atoms with E-state index in [4.69, 9.17) is 4.74 Å². The van der Waals surface area contributed by atoms with Gasteiger partial charge in [-0.25, -0.2) is 0 Å². The molecule has 4 heteroatoms. The largest absolute Gasteiger partial charge is 0.482 e. The third-order valence-corrected chi connectivity index (χ3v) is 3.66. The lowest BCUT2D eigenvalue weighted by atomic mass is 9.85. The number of hydrogen-bond donors (Lipinski definition) is 2. The summed E-state index contributed by atoms with van der Waals surface area (Å²) >= 11 is 0. The van der Waals surface area contributed by atoms with E-state index in [1.54, 1.807) is 0 Å². The van der Waals surface area contributed by atoms with Gasteiger partial charge >= 0.3 is 0 Å². The molecule has 1 amide bonds. The normalized spacial score (nSPS) is 18.6. The van der Waals surface area contributed by atoms with E-state index in [1.165, 1.54) is 24.8 Å². The predicted octanol–water partition coefficient (Wildman–Crippen LogP) is 1.91. The van der Waals surface area contributed by atoms with Gasteiger partial charge in [-0.3, -0.25) is 4.79 Å². The molecule has 1 fully saturated rings. The lowest BCUT2D eigenvalue weighted by molar-refractivity contribution is -0.118. The summed E-state index contributed by atoms with van der Waals surface area (Å²) in [5.74, 6) is 1.55. The number of carbonyl (C=O) groups is 1. The van der Waals surface area contributed by atoms with Gasteiger partial charge in [0.25, 0.3) is 5.91 Å². The number of benzene rings is 1. The van der Waals surface area contributed by atoms with Gasteiger partial charge in [-0.2, -0.15) is 0 Å². The van der Waals surface area contributed by atoms with Crippen LogP contribution in [0, 0.1) is 5.92 Å².